The number of aromatic nitrogens is 2. The molecule has 0 aliphatic rings. The van der Waals surface area contributed by atoms with Gasteiger partial charge in [0.2, 0.25) is 0 Å². The molecular weight excluding hydrogens is 272 g/mol. The minimum Gasteiger partial charge on any atom is -0.253 e. The van der Waals surface area contributed by atoms with E-state index in [9.17, 15) is 17.6 Å². The predicted molar refractivity (Wildman–Crippen MR) is 68.5 cm³/mol. The van der Waals surface area contributed by atoms with Crippen LogP contribution in [0.25, 0.3) is 11.3 Å². The van der Waals surface area contributed by atoms with Crippen LogP contribution in [0.5, 0.6) is 0 Å². The second-order valence-corrected chi connectivity index (χ2v) is 3.75. The second kappa shape index (κ2) is 6.45. The van der Waals surface area contributed by atoms with Crippen molar-refractivity contribution in [2.45, 2.75) is 26.9 Å². The minimum atomic E-state index is -4.47. The molecule has 108 valence electrons. The molecular formula is C14H14F4N2. The first-order valence-corrected chi connectivity index (χ1v) is 6.03. The van der Waals surface area contributed by atoms with Crippen LogP contribution in [0.1, 0.15) is 25.1 Å². The van der Waals surface area contributed by atoms with Crippen LogP contribution in [-0.2, 0) is 6.18 Å². The van der Waals surface area contributed by atoms with Gasteiger partial charge in [-0.2, -0.15) is 13.2 Å². The topological polar surface area (TPSA) is 25.8 Å². The Kier molecular flexibility index (Phi) is 5.19. The van der Waals surface area contributed by atoms with E-state index in [0.29, 0.717) is 16.8 Å². The maximum absolute atomic E-state index is 13.0. The number of pyridine rings is 2. The molecule has 0 amide bonds. The van der Waals surface area contributed by atoms with Crippen molar-refractivity contribution in [3.63, 3.8) is 0 Å². The summed E-state index contributed by atoms with van der Waals surface area (Å²) < 4.78 is 49.9. The summed E-state index contributed by atoms with van der Waals surface area (Å²) in [5.74, 6) is -0.460. The number of hydrogen-bond donors (Lipinski definition) is 0. The summed E-state index contributed by atoms with van der Waals surface area (Å²) in [6.45, 7) is 5.55. The van der Waals surface area contributed by atoms with Crippen LogP contribution >= 0.6 is 0 Å². The highest BCUT2D eigenvalue weighted by Crippen LogP contribution is 2.28. The first kappa shape index (κ1) is 16.1. The fourth-order valence-electron chi connectivity index (χ4n) is 1.41. The smallest absolute Gasteiger partial charge is 0.253 e. The fourth-order valence-corrected chi connectivity index (χ4v) is 1.41. The molecule has 0 aliphatic heterocycles. The number of hydrogen-bond acceptors (Lipinski definition) is 2. The summed E-state index contributed by atoms with van der Waals surface area (Å²) in [5.41, 5.74) is 0.200. The van der Waals surface area contributed by atoms with Crippen LogP contribution in [-0.4, -0.2) is 9.97 Å². The molecule has 2 aromatic rings. The van der Waals surface area contributed by atoms with Crippen molar-refractivity contribution >= 4 is 0 Å². The third kappa shape index (κ3) is 3.76. The molecule has 2 heterocycles. The Morgan fingerprint density at radius 1 is 1.00 bits per heavy atom. The van der Waals surface area contributed by atoms with Crippen LogP contribution in [0, 0.1) is 12.7 Å². The quantitative estimate of drug-likeness (QED) is 0.714. The fraction of sp³-hybridized carbons (Fsp3) is 0.286. The Morgan fingerprint density at radius 2 is 1.65 bits per heavy atom. The van der Waals surface area contributed by atoms with E-state index in [-0.39, 0.29) is 0 Å². The van der Waals surface area contributed by atoms with E-state index in [1.807, 2.05) is 13.8 Å². The Morgan fingerprint density at radius 3 is 2.10 bits per heavy atom. The van der Waals surface area contributed by atoms with Crippen molar-refractivity contribution in [3.05, 3.63) is 47.7 Å². The molecule has 0 aromatic carbocycles. The molecule has 0 N–H and O–H groups in total. The summed E-state index contributed by atoms with van der Waals surface area (Å²) in [4.78, 5) is 7.12. The minimum absolute atomic E-state index is 0.375. The summed E-state index contributed by atoms with van der Waals surface area (Å²) in [7, 11) is 0. The molecule has 2 rings (SSSR count). The van der Waals surface area contributed by atoms with E-state index >= 15 is 0 Å². The van der Waals surface area contributed by atoms with Crippen molar-refractivity contribution in [3.8, 4) is 11.3 Å². The Balaban J connectivity index is 0.000000956. The Labute approximate surface area is 114 Å². The number of nitrogens with zero attached hydrogens (tertiary/aromatic N) is 2. The zero-order valence-corrected chi connectivity index (χ0v) is 11.3. The van der Waals surface area contributed by atoms with Gasteiger partial charge in [0, 0.05) is 11.8 Å². The van der Waals surface area contributed by atoms with Gasteiger partial charge in [0.15, 0.2) is 0 Å². The lowest BCUT2D eigenvalue weighted by Crippen LogP contribution is -2.07. The average molecular weight is 286 g/mol. The first-order valence-electron chi connectivity index (χ1n) is 6.03. The van der Waals surface area contributed by atoms with Gasteiger partial charge in [-0.15, -0.1) is 0 Å². The maximum atomic E-state index is 13.0. The average Bonchev–Trinajstić information content (AvgIpc) is 2.43. The van der Waals surface area contributed by atoms with E-state index in [2.05, 4.69) is 9.97 Å². The van der Waals surface area contributed by atoms with Crippen LogP contribution < -0.4 is 0 Å². The van der Waals surface area contributed by atoms with E-state index in [4.69, 9.17) is 0 Å². The van der Waals surface area contributed by atoms with Crippen molar-refractivity contribution in [1.29, 1.82) is 0 Å². The lowest BCUT2D eigenvalue weighted by atomic mass is 10.1. The molecule has 2 nitrogen and oxygen atoms in total. The number of halogens is 4. The normalized spacial score (nSPS) is 10.8. The van der Waals surface area contributed by atoms with Gasteiger partial charge in [0.1, 0.15) is 11.5 Å². The van der Waals surface area contributed by atoms with Gasteiger partial charge in [-0.25, -0.2) is 4.39 Å². The van der Waals surface area contributed by atoms with Crippen molar-refractivity contribution < 1.29 is 17.6 Å². The SMILES string of the molecule is CC.Cc1cc(-c2ccc(C(F)(F)F)nc2)ncc1F. The first-order chi connectivity index (χ1) is 9.38. The number of alkyl halides is 3. The van der Waals surface area contributed by atoms with Gasteiger partial charge in [-0.1, -0.05) is 13.8 Å². The zero-order chi connectivity index (χ0) is 15.3. The summed E-state index contributed by atoms with van der Waals surface area (Å²) >= 11 is 0. The van der Waals surface area contributed by atoms with E-state index < -0.39 is 17.7 Å². The molecule has 0 unspecified atom stereocenters. The zero-order valence-electron chi connectivity index (χ0n) is 11.3. The molecule has 0 atom stereocenters. The molecule has 2 aromatic heterocycles. The molecule has 0 spiro atoms. The predicted octanol–water partition coefficient (Wildman–Crippen LogP) is 4.64. The number of rotatable bonds is 1. The Hall–Kier alpha value is -1.98. The molecule has 6 heteroatoms. The third-order valence-electron chi connectivity index (χ3n) is 2.40. The van der Waals surface area contributed by atoms with Crippen molar-refractivity contribution in [1.82, 2.24) is 9.97 Å². The van der Waals surface area contributed by atoms with Gasteiger partial charge in [-0.05, 0) is 30.7 Å². The standard InChI is InChI=1S/C12H8F4N2.C2H6/c1-7-4-10(17-6-9(7)13)8-2-3-11(18-5-8)12(14,15)16;1-2/h2-6H,1H3;1-2H3. The van der Waals surface area contributed by atoms with Crippen LogP contribution in [0.4, 0.5) is 17.6 Å². The van der Waals surface area contributed by atoms with Crippen molar-refractivity contribution in [2.75, 3.05) is 0 Å². The molecule has 0 saturated carbocycles. The van der Waals surface area contributed by atoms with Gasteiger partial charge < -0.3 is 0 Å². The lowest BCUT2D eigenvalue weighted by molar-refractivity contribution is -0.141. The largest absolute Gasteiger partial charge is 0.433 e. The number of aryl methyl sites for hydroxylation is 1. The molecule has 0 saturated heterocycles. The highest BCUT2D eigenvalue weighted by atomic mass is 19.4. The lowest BCUT2D eigenvalue weighted by Gasteiger charge is -2.06. The third-order valence-corrected chi connectivity index (χ3v) is 2.40. The van der Waals surface area contributed by atoms with Crippen molar-refractivity contribution in [2.24, 2.45) is 0 Å². The van der Waals surface area contributed by atoms with E-state index in [0.717, 1.165) is 18.5 Å². The van der Waals surface area contributed by atoms with Gasteiger partial charge in [0.05, 0.1) is 11.9 Å². The molecule has 0 radical (unpaired) electrons. The highest BCUT2D eigenvalue weighted by molar-refractivity contribution is 5.58. The highest BCUT2D eigenvalue weighted by Gasteiger charge is 2.32. The summed E-state index contributed by atoms with van der Waals surface area (Å²) in [6, 6.07) is 3.59. The van der Waals surface area contributed by atoms with Crippen LogP contribution in [0.15, 0.2) is 30.6 Å². The van der Waals surface area contributed by atoms with Gasteiger partial charge in [0.25, 0.3) is 0 Å². The molecule has 0 aliphatic carbocycles. The molecule has 0 fully saturated rings. The molecule has 0 bridgehead atoms. The van der Waals surface area contributed by atoms with Gasteiger partial charge in [-0.3, -0.25) is 9.97 Å². The van der Waals surface area contributed by atoms with Crippen LogP contribution in [0.3, 0.4) is 0 Å². The van der Waals surface area contributed by atoms with E-state index in [1.54, 1.807) is 6.92 Å². The summed E-state index contributed by atoms with van der Waals surface area (Å²) in [6.07, 6.45) is -2.37. The maximum Gasteiger partial charge on any atom is 0.433 e. The van der Waals surface area contributed by atoms with Gasteiger partial charge >= 0.3 is 6.18 Å². The second-order valence-electron chi connectivity index (χ2n) is 3.75. The van der Waals surface area contributed by atoms with Crippen LogP contribution in [0.2, 0.25) is 0 Å². The monoisotopic (exact) mass is 286 g/mol. The summed E-state index contributed by atoms with van der Waals surface area (Å²) in [5, 5.41) is 0. The van der Waals surface area contributed by atoms with E-state index in [1.165, 1.54) is 12.1 Å². The Bertz CT molecular complexity index is 562. The molecule has 20 heavy (non-hydrogen) atoms.